The van der Waals surface area contributed by atoms with E-state index in [0.717, 1.165) is 18.4 Å². The number of hydrogen-bond donors (Lipinski definition) is 1. The van der Waals surface area contributed by atoms with Gasteiger partial charge in [0.05, 0.1) is 5.69 Å². The van der Waals surface area contributed by atoms with Crippen LogP contribution in [0.5, 0.6) is 5.75 Å². The first-order chi connectivity index (χ1) is 13.3. The molecule has 1 heterocycles. The van der Waals surface area contributed by atoms with Crippen LogP contribution in [0.15, 0.2) is 48.5 Å². The summed E-state index contributed by atoms with van der Waals surface area (Å²) < 4.78 is 5.61. The summed E-state index contributed by atoms with van der Waals surface area (Å²) in [6.07, 6.45) is 1.77. The van der Waals surface area contributed by atoms with Crippen LogP contribution in [0.25, 0.3) is 0 Å². The van der Waals surface area contributed by atoms with Crippen molar-refractivity contribution in [3.05, 3.63) is 59.7 Å². The van der Waals surface area contributed by atoms with Crippen molar-refractivity contribution >= 4 is 17.5 Å². The summed E-state index contributed by atoms with van der Waals surface area (Å²) in [4.78, 5) is 26.2. The quantitative estimate of drug-likeness (QED) is 0.781. The van der Waals surface area contributed by atoms with Crippen LogP contribution < -0.4 is 15.0 Å². The van der Waals surface area contributed by atoms with Crippen LogP contribution in [-0.2, 0) is 21.4 Å². The summed E-state index contributed by atoms with van der Waals surface area (Å²) in [5, 5.41) is 2.91. The fourth-order valence-electron chi connectivity index (χ4n) is 3.21. The fraction of sp³-hybridized carbons (Fsp3) is 0.391. The Morgan fingerprint density at radius 3 is 2.61 bits per heavy atom. The van der Waals surface area contributed by atoms with Gasteiger partial charge in [-0.1, -0.05) is 57.2 Å². The van der Waals surface area contributed by atoms with Gasteiger partial charge in [0, 0.05) is 6.54 Å². The second-order valence-electron chi connectivity index (χ2n) is 8.14. The van der Waals surface area contributed by atoms with E-state index in [9.17, 15) is 9.59 Å². The largest absolute Gasteiger partial charge is 0.482 e. The molecular weight excluding hydrogens is 352 g/mol. The van der Waals surface area contributed by atoms with Gasteiger partial charge in [0.25, 0.3) is 5.91 Å². The van der Waals surface area contributed by atoms with Gasteiger partial charge in [0.15, 0.2) is 6.61 Å². The topological polar surface area (TPSA) is 58.6 Å². The predicted octanol–water partition coefficient (Wildman–Crippen LogP) is 3.46. The minimum Gasteiger partial charge on any atom is -0.482 e. The van der Waals surface area contributed by atoms with Crippen molar-refractivity contribution in [3.63, 3.8) is 0 Å². The van der Waals surface area contributed by atoms with Gasteiger partial charge < -0.3 is 10.1 Å². The Morgan fingerprint density at radius 1 is 1.14 bits per heavy atom. The van der Waals surface area contributed by atoms with Gasteiger partial charge >= 0.3 is 0 Å². The molecule has 1 aliphatic heterocycles. The van der Waals surface area contributed by atoms with Crippen molar-refractivity contribution in [2.24, 2.45) is 0 Å². The maximum Gasteiger partial charge on any atom is 0.265 e. The molecule has 148 valence electrons. The molecule has 1 aliphatic rings. The van der Waals surface area contributed by atoms with Crippen molar-refractivity contribution < 1.29 is 14.3 Å². The second kappa shape index (κ2) is 8.46. The first-order valence-electron chi connectivity index (χ1n) is 9.73. The van der Waals surface area contributed by atoms with E-state index in [1.807, 2.05) is 36.4 Å². The summed E-state index contributed by atoms with van der Waals surface area (Å²) in [6.45, 7) is 6.94. The van der Waals surface area contributed by atoms with Crippen molar-refractivity contribution in [2.75, 3.05) is 24.6 Å². The number of benzene rings is 2. The number of nitrogens with one attached hydrogen (secondary N) is 1. The molecule has 3 rings (SSSR count). The zero-order valence-electron chi connectivity index (χ0n) is 16.8. The smallest absolute Gasteiger partial charge is 0.265 e. The molecule has 2 amide bonds. The molecule has 0 aliphatic carbocycles. The van der Waals surface area contributed by atoms with E-state index >= 15 is 0 Å². The highest BCUT2D eigenvalue weighted by Gasteiger charge is 2.28. The number of nitrogens with zero attached hydrogens (tertiary/aromatic N) is 1. The summed E-state index contributed by atoms with van der Waals surface area (Å²) in [5.74, 6) is 0.300. The SMILES string of the molecule is CC(C)(C)c1ccc2c(c1)OCC(=O)N2CC(=O)NCCCc1ccccc1. The number of amides is 2. The average Bonchev–Trinajstić information content (AvgIpc) is 2.67. The van der Waals surface area contributed by atoms with Gasteiger partial charge in [-0.25, -0.2) is 0 Å². The maximum atomic E-state index is 12.4. The van der Waals surface area contributed by atoms with Crippen molar-refractivity contribution in [2.45, 2.75) is 39.0 Å². The molecule has 5 heteroatoms. The summed E-state index contributed by atoms with van der Waals surface area (Å²) in [6, 6.07) is 16.0. The standard InChI is InChI=1S/C23H28N2O3/c1-23(2,3)18-11-12-19-20(14-18)28-16-22(27)25(19)15-21(26)24-13-7-10-17-8-5-4-6-9-17/h4-6,8-9,11-12,14H,7,10,13,15-16H2,1-3H3,(H,24,26). The summed E-state index contributed by atoms with van der Waals surface area (Å²) >= 11 is 0. The Bertz CT molecular complexity index is 841. The van der Waals surface area contributed by atoms with Crippen molar-refractivity contribution in [3.8, 4) is 5.75 Å². The fourth-order valence-corrected chi connectivity index (χ4v) is 3.21. The second-order valence-corrected chi connectivity index (χ2v) is 8.14. The number of aryl methyl sites for hydroxylation is 1. The van der Waals surface area contributed by atoms with Gasteiger partial charge in [-0.15, -0.1) is 0 Å². The van der Waals surface area contributed by atoms with Crippen LogP contribution in [0.1, 0.15) is 38.3 Å². The highest BCUT2D eigenvalue weighted by Crippen LogP contribution is 2.36. The minimum atomic E-state index is -0.199. The molecule has 0 unspecified atom stereocenters. The Morgan fingerprint density at radius 2 is 1.89 bits per heavy atom. The average molecular weight is 380 g/mol. The molecule has 0 saturated heterocycles. The normalized spacial score (nSPS) is 13.7. The van der Waals surface area contributed by atoms with Crippen LogP contribution >= 0.6 is 0 Å². The molecule has 0 bridgehead atoms. The summed E-state index contributed by atoms with van der Waals surface area (Å²) in [7, 11) is 0. The predicted molar refractivity (Wildman–Crippen MR) is 111 cm³/mol. The zero-order chi connectivity index (χ0) is 20.1. The number of rotatable bonds is 6. The van der Waals surface area contributed by atoms with Crippen molar-refractivity contribution in [1.29, 1.82) is 0 Å². The highest BCUT2D eigenvalue weighted by molar-refractivity contribution is 6.02. The van der Waals surface area contributed by atoms with E-state index in [2.05, 4.69) is 38.2 Å². The Hall–Kier alpha value is -2.82. The molecule has 1 N–H and O–H groups in total. The van der Waals surface area contributed by atoms with E-state index in [1.54, 1.807) is 0 Å². The molecule has 0 aromatic heterocycles. The molecule has 2 aromatic rings. The van der Waals surface area contributed by atoms with E-state index in [-0.39, 0.29) is 30.4 Å². The van der Waals surface area contributed by atoms with Gasteiger partial charge in [0.2, 0.25) is 5.91 Å². The van der Waals surface area contributed by atoms with Gasteiger partial charge in [0.1, 0.15) is 12.3 Å². The minimum absolute atomic E-state index is 0.00932. The monoisotopic (exact) mass is 380 g/mol. The lowest BCUT2D eigenvalue weighted by Crippen LogP contribution is -2.45. The van der Waals surface area contributed by atoms with Crippen molar-refractivity contribution in [1.82, 2.24) is 5.32 Å². The number of carbonyl (C=O) groups excluding carboxylic acids is 2. The van der Waals surface area contributed by atoms with Crippen LogP contribution in [0.2, 0.25) is 0 Å². The molecule has 0 fully saturated rings. The molecule has 28 heavy (non-hydrogen) atoms. The third-order valence-corrected chi connectivity index (χ3v) is 4.88. The zero-order valence-corrected chi connectivity index (χ0v) is 16.8. The number of fused-ring (bicyclic) bond motifs is 1. The molecule has 0 saturated carbocycles. The van der Waals surface area contributed by atoms with Crippen LogP contribution in [-0.4, -0.2) is 31.5 Å². The third kappa shape index (κ3) is 4.91. The number of anilines is 1. The lowest BCUT2D eigenvalue weighted by Gasteiger charge is -2.30. The number of ether oxygens (including phenoxy) is 1. The third-order valence-electron chi connectivity index (χ3n) is 4.88. The molecule has 0 radical (unpaired) electrons. The molecule has 0 atom stereocenters. The lowest BCUT2D eigenvalue weighted by molar-refractivity contribution is -0.125. The highest BCUT2D eigenvalue weighted by atomic mass is 16.5. The van der Waals surface area contributed by atoms with Crippen LogP contribution in [0.4, 0.5) is 5.69 Å². The Kier molecular flexibility index (Phi) is 6.02. The number of carbonyl (C=O) groups is 2. The van der Waals surface area contributed by atoms with Gasteiger partial charge in [-0.3, -0.25) is 14.5 Å². The maximum absolute atomic E-state index is 12.4. The lowest BCUT2D eigenvalue weighted by atomic mass is 9.86. The summed E-state index contributed by atoms with van der Waals surface area (Å²) in [5.41, 5.74) is 3.03. The van der Waals surface area contributed by atoms with Crippen LogP contribution in [0, 0.1) is 0 Å². The Balaban J connectivity index is 1.57. The van der Waals surface area contributed by atoms with E-state index in [4.69, 9.17) is 4.74 Å². The van der Waals surface area contributed by atoms with Crippen LogP contribution in [0.3, 0.4) is 0 Å². The molecule has 5 nitrogen and oxygen atoms in total. The van der Waals surface area contributed by atoms with E-state index < -0.39 is 0 Å². The molecular formula is C23H28N2O3. The number of hydrogen-bond acceptors (Lipinski definition) is 3. The van der Waals surface area contributed by atoms with E-state index in [0.29, 0.717) is 18.0 Å². The van der Waals surface area contributed by atoms with Gasteiger partial charge in [-0.05, 0) is 41.5 Å². The Labute approximate surface area is 166 Å². The van der Waals surface area contributed by atoms with E-state index in [1.165, 1.54) is 10.5 Å². The first-order valence-corrected chi connectivity index (χ1v) is 9.73. The molecule has 2 aromatic carbocycles. The first kappa shape index (κ1) is 19.9. The van der Waals surface area contributed by atoms with Gasteiger partial charge in [-0.2, -0.15) is 0 Å². The molecule has 0 spiro atoms.